The summed E-state index contributed by atoms with van der Waals surface area (Å²) in [7, 11) is 0. The van der Waals surface area contributed by atoms with Gasteiger partial charge in [0.2, 0.25) is 0 Å². The van der Waals surface area contributed by atoms with E-state index in [1.807, 2.05) is 0 Å². The minimum absolute atomic E-state index is 0.114. The van der Waals surface area contributed by atoms with Gasteiger partial charge in [0.15, 0.2) is 0 Å². The number of aliphatic carboxylic acids is 2. The molecule has 0 fully saturated rings. The van der Waals surface area contributed by atoms with E-state index < -0.39 is 23.2 Å². The molecule has 70 valence electrons. The number of nitrogens with two attached hydrogens (primary N) is 1. The fourth-order valence-electron chi connectivity index (χ4n) is 0.391. The van der Waals surface area contributed by atoms with E-state index >= 15 is 0 Å². The second-order valence-corrected chi connectivity index (χ2v) is 3.63. The van der Waals surface area contributed by atoms with Crippen molar-refractivity contribution in [2.45, 2.75) is 18.2 Å². The lowest BCUT2D eigenvalue weighted by molar-refractivity contribution is -0.138. The van der Waals surface area contributed by atoms with E-state index in [9.17, 15) is 9.59 Å². The highest BCUT2D eigenvalue weighted by Crippen LogP contribution is 2.10. The Bertz CT molecular complexity index is 164. The lowest BCUT2D eigenvalue weighted by atomic mass is 10.4. The first kappa shape index (κ1) is 11.2. The molecule has 0 aromatic rings. The standard InChI is InChI=1S/C6H11NO4S/c1-3(5(8)9)12-2-4(7)6(10)11/h3-4H,2,7H2,1H3,(H,8,9)(H,10,11). The minimum Gasteiger partial charge on any atom is -0.480 e. The zero-order valence-electron chi connectivity index (χ0n) is 6.56. The molecule has 0 amide bonds. The summed E-state index contributed by atoms with van der Waals surface area (Å²) in [6.45, 7) is 1.49. The average Bonchev–Trinajstić information content (AvgIpc) is 1.98. The lowest BCUT2D eigenvalue weighted by Gasteiger charge is -2.08. The summed E-state index contributed by atoms with van der Waals surface area (Å²) >= 11 is 1.02. The van der Waals surface area contributed by atoms with Crippen LogP contribution in [0, 0.1) is 0 Å². The van der Waals surface area contributed by atoms with Gasteiger partial charge in [-0.05, 0) is 6.92 Å². The molecule has 0 rings (SSSR count). The van der Waals surface area contributed by atoms with Gasteiger partial charge in [0.1, 0.15) is 6.04 Å². The summed E-state index contributed by atoms with van der Waals surface area (Å²) in [6, 6.07) is -0.989. The summed E-state index contributed by atoms with van der Waals surface area (Å²) in [5.74, 6) is -1.96. The smallest absolute Gasteiger partial charge is 0.321 e. The fourth-order valence-corrected chi connectivity index (χ4v) is 1.17. The van der Waals surface area contributed by atoms with Gasteiger partial charge in [-0.2, -0.15) is 0 Å². The van der Waals surface area contributed by atoms with Crippen molar-refractivity contribution in [3.63, 3.8) is 0 Å². The maximum Gasteiger partial charge on any atom is 0.321 e. The van der Waals surface area contributed by atoms with Crippen LogP contribution in [-0.2, 0) is 9.59 Å². The van der Waals surface area contributed by atoms with E-state index in [0.717, 1.165) is 11.8 Å². The van der Waals surface area contributed by atoms with Gasteiger partial charge < -0.3 is 15.9 Å². The fraction of sp³-hybridized carbons (Fsp3) is 0.667. The highest BCUT2D eigenvalue weighted by atomic mass is 32.2. The van der Waals surface area contributed by atoms with Gasteiger partial charge in [0.05, 0.1) is 5.25 Å². The summed E-state index contributed by atoms with van der Waals surface area (Å²) in [5, 5.41) is 16.2. The number of hydrogen-bond donors (Lipinski definition) is 3. The molecule has 0 aromatic heterocycles. The van der Waals surface area contributed by atoms with Crippen molar-refractivity contribution in [3.8, 4) is 0 Å². The number of thioether (sulfide) groups is 1. The molecule has 0 bridgehead atoms. The Balaban J connectivity index is 3.68. The Morgan fingerprint density at radius 1 is 1.42 bits per heavy atom. The second-order valence-electron chi connectivity index (χ2n) is 2.26. The van der Waals surface area contributed by atoms with Crippen LogP contribution in [-0.4, -0.2) is 39.2 Å². The number of hydrogen-bond acceptors (Lipinski definition) is 4. The van der Waals surface area contributed by atoms with Crippen LogP contribution >= 0.6 is 11.8 Å². The van der Waals surface area contributed by atoms with Gasteiger partial charge in [-0.3, -0.25) is 9.59 Å². The molecule has 0 radical (unpaired) electrons. The summed E-state index contributed by atoms with van der Waals surface area (Å²) in [4.78, 5) is 20.5. The molecule has 2 atom stereocenters. The third-order valence-electron chi connectivity index (χ3n) is 1.19. The van der Waals surface area contributed by atoms with Gasteiger partial charge in [0, 0.05) is 5.75 Å². The van der Waals surface area contributed by atoms with Crippen LogP contribution in [0.4, 0.5) is 0 Å². The molecule has 6 heteroatoms. The average molecular weight is 193 g/mol. The van der Waals surface area contributed by atoms with Crippen molar-refractivity contribution in [3.05, 3.63) is 0 Å². The number of carbonyl (C=O) groups is 2. The van der Waals surface area contributed by atoms with Crippen LogP contribution in [0.15, 0.2) is 0 Å². The van der Waals surface area contributed by atoms with E-state index in [2.05, 4.69) is 0 Å². The molecule has 4 N–H and O–H groups in total. The molecule has 0 aliphatic carbocycles. The van der Waals surface area contributed by atoms with Gasteiger partial charge in [-0.15, -0.1) is 11.8 Å². The molecule has 0 aliphatic heterocycles. The van der Waals surface area contributed by atoms with Gasteiger partial charge in [-0.25, -0.2) is 0 Å². The van der Waals surface area contributed by atoms with Crippen LogP contribution in [0.25, 0.3) is 0 Å². The maximum absolute atomic E-state index is 10.3. The zero-order valence-corrected chi connectivity index (χ0v) is 7.37. The molecule has 0 aromatic carbocycles. The van der Waals surface area contributed by atoms with Crippen LogP contribution in [0.2, 0.25) is 0 Å². The van der Waals surface area contributed by atoms with Crippen LogP contribution in [0.1, 0.15) is 6.92 Å². The molecule has 0 aliphatic rings. The van der Waals surface area contributed by atoms with Crippen molar-refractivity contribution in [1.82, 2.24) is 0 Å². The number of rotatable bonds is 5. The van der Waals surface area contributed by atoms with Gasteiger partial charge in [-0.1, -0.05) is 0 Å². The van der Waals surface area contributed by atoms with Gasteiger partial charge >= 0.3 is 11.9 Å². The van der Waals surface area contributed by atoms with Crippen molar-refractivity contribution in [2.24, 2.45) is 5.73 Å². The Hall–Kier alpha value is -0.750. The predicted octanol–water partition coefficient (Wildman–Crippen LogP) is -0.395. The Kier molecular flexibility index (Phi) is 4.68. The zero-order chi connectivity index (χ0) is 9.72. The first-order valence-corrected chi connectivity index (χ1v) is 4.32. The normalized spacial score (nSPS) is 15.2. The van der Waals surface area contributed by atoms with Crippen molar-refractivity contribution < 1.29 is 19.8 Å². The molecular weight excluding hydrogens is 182 g/mol. The summed E-state index contributed by atoms with van der Waals surface area (Å²) in [6.07, 6.45) is 0. The summed E-state index contributed by atoms with van der Waals surface area (Å²) < 4.78 is 0. The highest BCUT2D eigenvalue weighted by molar-refractivity contribution is 8.00. The third-order valence-corrected chi connectivity index (χ3v) is 2.44. The number of carboxylic acid groups (broad SMARTS) is 2. The monoisotopic (exact) mass is 193 g/mol. The SMILES string of the molecule is CC(SCC(N)C(=O)O)C(=O)O. The number of carboxylic acids is 2. The van der Waals surface area contributed by atoms with Crippen molar-refractivity contribution in [1.29, 1.82) is 0 Å². The third kappa shape index (κ3) is 4.20. The first-order valence-electron chi connectivity index (χ1n) is 3.28. The quantitative estimate of drug-likeness (QED) is 0.549. The predicted molar refractivity (Wildman–Crippen MR) is 45.2 cm³/mol. The van der Waals surface area contributed by atoms with Crippen LogP contribution < -0.4 is 5.73 Å². The van der Waals surface area contributed by atoms with E-state index in [0.29, 0.717) is 0 Å². The molecule has 0 heterocycles. The maximum atomic E-state index is 10.3. The molecular formula is C6H11NO4S. The van der Waals surface area contributed by atoms with Gasteiger partial charge in [0.25, 0.3) is 0 Å². The largest absolute Gasteiger partial charge is 0.480 e. The molecule has 0 saturated carbocycles. The second kappa shape index (κ2) is 5.00. The Labute approximate surface area is 73.9 Å². The molecule has 0 spiro atoms. The van der Waals surface area contributed by atoms with E-state index in [1.165, 1.54) is 6.92 Å². The topological polar surface area (TPSA) is 101 Å². The highest BCUT2D eigenvalue weighted by Gasteiger charge is 2.16. The van der Waals surface area contributed by atoms with Crippen molar-refractivity contribution >= 4 is 23.7 Å². The Morgan fingerprint density at radius 2 is 1.92 bits per heavy atom. The summed E-state index contributed by atoms with van der Waals surface area (Å²) in [5.41, 5.74) is 5.15. The minimum atomic E-state index is -1.11. The Morgan fingerprint density at radius 3 is 2.25 bits per heavy atom. The molecule has 2 unspecified atom stereocenters. The van der Waals surface area contributed by atoms with Crippen LogP contribution in [0.3, 0.4) is 0 Å². The first-order chi connectivity index (χ1) is 5.45. The van der Waals surface area contributed by atoms with Crippen molar-refractivity contribution in [2.75, 3.05) is 5.75 Å². The lowest BCUT2D eigenvalue weighted by Crippen LogP contribution is -2.33. The van der Waals surface area contributed by atoms with Crippen LogP contribution in [0.5, 0.6) is 0 Å². The molecule has 5 nitrogen and oxygen atoms in total. The van der Waals surface area contributed by atoms with E-state index in [4.69, 9.17) is 15.9 Å². The molecule has 12 heavy (non-hydrogen) atoms. The van der Waals surface area contributed by atoms with E-state index in [1.54, 1.807) is 0 Å². The van der Waals surface area contributed by atoms with E-state index in [-0.39, 0.29) is 5.75 Å². The molecule has 0 saturated heterocycles.